The van der Waals surface area contributed by atoms with Crippen LogP contribution in [0.2, 0.25) is 0 Å². The maximum atomic E-state index is 12.7. The molecule has 1 saturated heterocycles. The van der Waals surface area contributed by atoms with E-state index in [1.807, 2.05) is 0 Å². The van der Waals surface area contributed by atoms with Gasteiger partial charge in [-0.05, 0) is 37.8 Å². The van der Waals surface area contributed by atoms with Gasteiger partial charge in [0, 0.05) is 24.9 Å². The molecule has 1 aromatic rings. The van der Waals surface area contributed by atoms with Crippen LogP contribution in [0.15, 0.2) is 35.2 Å². The number of nitrogens with zero attached hydrogens (tertiary/aromatic N) is 1. The van der Waals surface area contributed by atoms with E-state index < -0.39 is 10.0 Å². The van der Waals surface area contributed by atoms with Gasteiger partial charge in [-0.1, -0.05) is 18.2 Å². The van der Waals surface area contributed by atoms with Crippen molar-refractivity contribution in [2.24, 2.45) is 5.92 Å². The highest BCUT2D eigenvalue weighted by Gasteiger charge is 2.43. The van der Waals surface area contributed by atoms with Crippen LogP contribution in [0.1, 0.15) is 32.1 Å². The van der Waals surface area contributed by atoms with E-state index in [4.69, 9.17) is 0 Å². The Morgan fingerprint density at radius 2 is 1.80 bits per heavy atom. The molecule has 2 fully saturated rings. The number of hydrogen-bond donors (Lipinski definition) is 0. The van der Waals surface area contributed by atoms with Crippen LogP contribution in [0.4, 0.5) is 0 Å². The Balaban J connectivity index is 1.90. The molecule has 0 aromatic heterocycles. The summed E-state index contributed by atoms with van der Waals surface area (Å²) in [5.41, 5.74) is 0. The average molecular weight is 293 g/mol. The first-order valence-corrected chi connectivity index (χ1v) is 8.64. The highest BCUT2D eigenvalue weighted by molar-refractivity contribution is 7.89. The summed E-state index contributed by atoms with van der Waals surface area (Å²) in [4.78, 5) is 12.3. The fraction of sp³-hybridized carbons (Fsp3) is 0.533. The van der Waals surface area contributed by atoms with Gasteiger partial charge in [-0.2, -0.15) is 4.31 Å². The molecule has 0 amide bonds. The summed E-state index contributed by atoms with van der Waals surface area (Å²) in [7, 11) is -3.47. The van der Waals surface area contributed by atoms with Gasteiger partial charge in [-0.3, -0.25) is 4.79 Å². The molecule has 5 heteroatoms. The third kappa shape index (κ3) is 2.29. The smallest absolute Gasteiger partial charge is 0.243 e. The predicted molar refractivity (Wildman–Crippen MR) is 75.7 cm³/mol. The van der Waals surface area contributed by atoms with Crippen LogP contribution in [-0.4, -0.2) is 31.1 Å². The number of benzene rings is 1. The summed E-state index contributed by atoms with van der Waals surface area (Å²) in [6.07, 6.45) is 4.01. The van der Waals surface area contributed by atoms with Crippen LogP contribution in [-0.2, 0) is 14.8 Å². The van der Waals surface area contributed by atoms with Crippen LogP contribution in [0.25, 0.3) is 0 Å². The summed E-state index contributed by atoms with van der Waals surface area (Å²) >= 11 is 0. The highest BCUT2D eigenvalue weighted by Crippen LogP contribution is 2.36. The zero-order valence-electron chi connectivity index (χ0n) is 11.4. The third-order valence-corrected chi connectivity index (χ3v) is 6.35. The maximum Gasteiger partial charge on any atom is 0.243 e. The molecule has 20 heavy (non-hydrogen) atoms. The fourth-order valence-electron chi connectivity index (χ4n) is 3.44. The summed E-state index contributed by atoms with van der Waals surface area (Å²) in [5.74, 6) is 0.154. The maximum absolute atomic E-state index is 12.7. The van der Waals surface area contributed by atoms with Crippen molar-refractivity contribution in [3.8, 4) is 0 Å². The monoisotopic (exact) mass is 293 g/mol. The molecule has 0 N–H and O–H groups in total. The Morgan fingerprint density at radius 1 is 1.05 bits per heavy atom. The Labute approximate surface area is 119 Å². The van der Waals surface area contributed by atoms with Gasteiger partial charge >= 0.3 is 0 Å². The summed E-state index contributed by atoms with van der Waals surface area (Å²) in [5, 5.41) is 0. The second kappa shape index (κ2) is 5.30. The van der Waals surface area contributed by atoms with Gasteiger partial charge in [0.15, 0.2) is 0 Å². The van der Waals surface area contributed by atoms with E-state index in [1.54, 1.807) is 34.6 Å². The van der Waals surface area contributed by atoms with Crippen molar-refractivity contribution < 1.29 is 13.2 Å². The molecule has 1 heterocycles. The number of sulfonamides is 1. The molecular formula is C15H19NO3S. The van der Waals surface area contributed by atoms with Gasteiger partial charge in [0.1, 0.15) is 5.78 Å². The molecule has 1 aliphatic heterocycles. The van der Waals surface area contributed by atoms with Gasteiger partial charge in [0.05, 0.1) is 4.90 Å². The molecule has 2 atom stereocenters. The number of rotatable bonds is 3. The lowest BCUT2D eigenvalue weighted by Gasteiger charge is -2.27. The molecule has 1 aromatic carbocycles. The standard InChI is InChI=1S/C15H19NO3S/c17-15-10-4-8-13(15)14-9-5-11-16(14)20(18,19)12-6-2-1-3-7-12/h1-3,6-7,13-14H,4-5,8-11H2. The topological polar surface area (TPSA) is 54.5 Å². The van der Waals surface area contributed by atoms with E-state index in [2.05, 4.69) is 0 Å². The van der Waals surface area contributed by atoms with Crippen LogP contribution in [0.3, 0.4) is 0 Å². The van der Waals surface area contributed by atoms with Gasteiger partial charge < -0.3 is 0 Å². The van der Waals surface area contributed by atoms with E-state index in [1.165, 1.54) is 0 Å². The minimum atomic E-state index is -3.47. The fourth-order valence-corrected chi connectivity index (χ4v) is 5.19. The summed E-state index contributed by atoms with van der Waals surface area (Å²) in [6.45, 7) is 0.533. The quantitative estimate of drug-likeness (QED) is 0.858. The lowest BCUT2D eigenvalue weighted by Crippen LogP contribution is -2.41. The van der Waals surface area contributed by atoms with Crippen molar-refractivity contribution in [1.82, 2.24) is 4.31 Å². The van der Waals surface area contributed by atoms with Crippen molar-refractivity contribution in [2.75, 3.05) is 6.54 Å². The average Bonchev–Trinajstić information content (AvgIpc) is 3.08. The number of ketones is 1. The van der Waals surface area contributed by atoms with Gasteiger partial charge in [-0.25, -0.2) is 8.42 Å². The number of Topliss-reactive ketones (excluding diaryl/α,β-unsaturated/α-hetero) is 1. The van der Waals surface area contributed by atoms with Crippen LogP contribution in [0.5, 0.6) is 0 Å². The molecular weight excluding hydrogens is 274 g/mol. The summed E-state index contributed by atoms with van der Waals surface area (Å²) in [6, 6.07) is 8.40. The number of carbonyl (C=O) groups excluding carboxylic acids is 1. The van der Waals surface area contributed by atoms with Crippen LogP contribution < -0.4 is 0 Å². The first-order chi connectivity index (χ1) is 9.60. The molecule has 4 nitrogen and oxygen atoms in total. The largest absolute Gasteiger partial charge is 0.299 e. The Hall–Kier alpha value is -1.20. The molecule has 3 rings (SSSR count). The second-order valence-corrected chi connectivity index (χ2v) is 7.49. The van der Waals surface area contributed by atoms with Crippen molar-refractivity contribution in [2.45, 2.75) is 43.0 Å². The number of carbonyl (C=O) groups is 1. The lowest BCUT2D eigenvalue weighted by atomic mass is 9.96. The Bertz CT molecular complexity index is 597. The van der Waals surface area contributed by atoms with E-state index in [-0.39, 0.29) is 17.7 Å². The molecule has 0 bridgehead atoms. The SMILES string of the molecule is O=C1CCCC1C1CCCN1S(=O)(=O)c1ccccc1. The minimum absolute atomic E-state index is 0.0870. The normalized spacial score (nSPS) is 28.1. The lowest BCUT2D eigenvalue weighted by molar-refractivity contribution is -0.121. The predicted octanol–water partition coefficient (Wildman–Crippen LogP) is 2.21. The first-order valence-electron chi connectivity index (χ1n) is 7.20. The zero-order chi connectivity index (χ0) is 14.2. The molecule has 0 spiro atoms. The summed E-state index contributed by atoms with van der Waals surface area (Å²) < 4.78 is 27.0. The minimum Gasteiger partial charge on any atom is -0.299 e. The number of hydrogen-bond acceptors (Lipinski definition) is 3. The van der Waals surface area contributed by atoms with Gasteiger partial charge in [-0.15, -0.1) is 0 Å². The third-order valence-electron chi connectivity index (χ3n) is 4.41. The zero-order valence-corrected chi connectivity index (χ0v) is 12.2. The highest BCUT2D eigenvalue weighted by atomic mass is 32.2. The van der Waals surface area contributed by atoms with E-state index in [0.29, 0.717) is 17.9 Å². The molecule has 1 aliphatic carbocycles. The first kappa shape index (κ1) is 13.8. The van der Waals surface area contributed by atoms with Crippen molar-refractivity contribution in [1.29, 1.82) is 0 Å². The molecule has 2 unspecified atom stereocenters. The van der Waals surface area contributed by atoms with E-state index >= 15 is 0 Å². The molecule has 2 aliphatic rings. The van der Waals surface area contributed by atoms with E-state index in [0.717, 1.165) is 25.7 Å². The van der Waals surface area contributed by atoms with E-state index in [9.17, 15) is 13.2 Å². The molecule has 1 saturated carbocycles. The molecule has 0 radical (unpaired) electrons. The van der Waals surface area contributed by atoms with Gasteiger partial charge in [0.25, 0.3) is 0 Å². The van der Waals surface area contributed by atoms with Crippen LogP contribution >= 0.6 is 0 Å². The van der Waals surface area contributed by atoms with Crippen molar-refractivity contribution in [3.05, 3.63) is 30.3 Å². The molecule has 108 valence electrons. The van der Waals surface area contributed by atoms with Crippen molar-refractivity contribution >= 4 is 15.8 Å². The van der Waals surface area contributed by atoms with Crippen molar-refractivity contribution in [3.63, 3.8) is 0 Å². The Morgan fingerprint density at radius 3 is 2.45 bits per heavy atom. The second-order valence-electron chi connectivity index (χ2n) is 5.60. The Kier molecular flexibility index (Phi) is 3.65. The van der Waals surface area contributed by atoms with Gasteiger partial charge in [0.2, 0.25) is 10.0 Å². The van der Waals surface area contributed by atoms with Crippen LogP contribution in [0, 0.1) is 5.92 Å².